The highest BCUT2D eigenvalue weighted by atomic mass is 15.2. The van der Waals surface area contributed by atoms with Gasteiger partial charge in [-0.25, -0.2) is 0 Å². The van der Waals surface area contributed by atoms with E-state index in [2.05, 4.69) is 225 Å². The first kappa shape index (κ1) is 45.4. The summed E-state index contributed by atoms with van der Waals surface area (Å²) in [5, 5.41) is 0. The smallest absolute Gasteiger partial charge is 0.252 e. The highest BCUT2D eigenvalue weighted by Crippen LogP contribution is 2.56. The van der Waals surface area contributed by atoms with Gasteiger partial charge in [0.05, 0.1) is 0 Å². The third-order valence-electron chi connectivity index (χ3n) is 18.8. The minimum atomic E-state index is -0.207. The number of nitrogens with zero attached hydrogens (tertiary/aromatic N) is 2. The summed E-state index contributed by atoms with van der Waals surface area (Å²) in [7, 11) is 0. The predicted molar refractivity (Wildman–Crippen MR) is 294 cm³/mol. The highest BCUT2D eigenvalue weighted by Gasteiger charge is 2.49. The van der Waals surface area contributed by atoms with Gasteiger partial charge in [0.25, 0.3) is 6.71 Å². The van der Waals surface area contributed by atoms with E-state index in [-0.39, 0.29) is 44.6 Å². The molecule has 0 amide bonds. The Hall–Kier alpha value is -5.02. The summed E-state index contributed by atoms with van der Waals surface area (Å²) < 4.78 is 0. The Balaban J connectivity index is 1.26. The third kappa shape index (κ3) is 6.41. The first-order valence-electron chi connectivity index (χ1n) is 26.1. The fourth-order valence-corrected chi connectivity index (χ4v) is 14.7. The maximum atomic E-state index is 2.75. The number of anilines is 6. The molecule has 11 rings (SSSR count). The molecule has 0 aromatic heterocycles. The lowest BCUT2D eigenvalue weighted by molar-refractivity contribution is 0.331. The van der Waals surface area contributed by atoms with Crippen LogP contribution in [0.2, 0.25) is 0 Å². The molecular weight excluding hydrogens is 820 g/mol. The van der Waals surface area contributed by atoms with Crippen molar-refractivity contribution >= 4 is 57.2 Å². The Morgan fingerprint density at radius 1 is 0.426 bits per heavy atom. The van der Waals surface area contributed by atoms with Crippen molar-refractivity contribution in [3.8, 4) is 0 Å². The van der Waals surface area contributed by atoms with Crippen molar-refractivity contribution in [1.29, 1.82) is 0 Å². The molecule has 2 heterocycles. The highest BCUT2D eigenvalue weighted by molar-refractivity contribution is 7.00. The van der Waals surface area contributed by atoms with Crippen LogP contribution in [0, 0.1) is 20.8 Å². The summed E-state index contributed by atoms with van der Waals surface area (Å²) in [6, 6.07) is 39.4. The normalized spacial score (nSPS) is 20.5. The zero-order valence-corrected chi connectivity index (χ0v) is 44.7. The van der Waals surface area contributed by atoms with Gasteiger partial charge in [0.15, 0.2) is 0 Å². The van der Waals surface area contributed by atoms with Gasteiger partial charge in [-0.2, -0.15) is 0 Å². The van der Waals surface area contributed by atoms with Crippen molar-refractivity contribution in [2.45, 2.75) is 188 Å². The van der Waals surface area contributed by atoms with E-state index in [1.54, 1.807) is 0 Å². The Kier molecular flexibility index (Phi) is 9.55. The van der Waals surface area contributed by atoms with Crippen molar-refractivity contribution in [3.63, 3.8) is 0 Å². The molecule has 0 radical (unpaired) electrons. The van der Waals surface area contributed by atoms with E-state index in [1.165, 1.54) is 137 Å². The Morgan fingerprint density at radius 2 is 0.941 bits per heavy atom. The zero-order chi connectivity index (χ0) is 48.6. The van der Waals surface area contributed by atoms with Crippen LogP contribution in [-0.4, -0.2) is 6.71 Å². The summed E-state index contributed by atoms with van der Waals surface area (Å²) in [5.74, 6) is 0. The second-order valence-electron chi connectivity index (χ2n) is 26.8. The molecule has 2 nitrogen and oxygen atoms in total. The van der Waals surface area contributed by atoms with E-state index in [4.69, 9.17) is 0 Å². The van der Waals surface area contributed by atoms with Gasteiger partial charge in [0.1, 0.15) is 0 Å². The number of hydrogen-bond donors (Lipinski definition) is 0. The van der Waals surface area contributed by atoms with E-state index in [9.17, 15) is 0 Å². The molecule has 350 valence electrons. The second kappa shape index (κ2) is 14.3. The predicted octanol–water partition coefficient (Wildman–Crippen LogP) is 15.7. The van der Waals surface area contributed by atoms with Crippen LogP contribution < -0.4 is 26.2 Å². The minimum Gasteiger partial charge on any atom is -0.311 e. The monoisotopic (exact) mass is 897 g/mol. The van der Waals surface area contributed by atoms with Crippen LogP contribution in [0.1, 0.15) is 190 Å². The van der Waals surface area contributed by atoms with E-state index < -0.39 is 0 Å². The topological polar surface area (TPSA) is 6.48 Å². The molecule has 0 saturated heterocycles. The van der Waals surface area contributed by atoms with E-state index >= 15 is 0 Å². The second-order valence-corrected chi connectivity index (χ2v) is 26.8. The van der Waals surface area contributed by atoms with Crippen LogP contribution in [0.3, 0.4) is 0 Å². The molecule has 5 aliphatic rings. The number of rotatable bonds is 4. The minimum absolute atomic E-state index is 0.0524. The molecule has 0 spiro atoms. The van der Waals surface area contributed by atoms with Crippen LogP contribution in [0.15, 0.2) is 97.1 Å². The van der Waals surface area contributed by atoms with E-state index in [1.807, 2.05) is 0 Å². The van der Waals surface area contributed by atoms with Gasteiger partial charge in [-0.15, -0.1) is 0 Å². The summed E-state index contributed by atoms with van der Waals surface area (Å²) in [6.45, 7) is 41.8. The molecule has 3 aliphatic carbocycles. The van der Waals surface area contributed by atoms with Crippen LogP contribution in [0.25, 0.3) is 0 Å². The van der Waals surface area contributed by atoms with Gasteiger partial charge < -0.3 is 9.80 Å². The number of fused-ring (bicyclic) bond motifs is 7. The third-order valence-corrected chi connectivity index (χ3v) is 18.8. The number of hydrogen-bond acceptors (Lipinski definition) is 2. The van der Waals surface area contributed by atoms with Gasteiger partial charge >= 0.3 is 0 Å². The van der Waals surface area contributed by atoms with E-state index in [0.29, 0.717) is 0 Å². The van der Waals surface area contributed by atoms with Crippen molar-refractivity contribution in [1.82, 2.24) is 0 Å². The first-order chi connectivity index (χ1) is 31.7. The molecular formula is C65H77BN2. The molecule has 0 atom stereocenters. The van der Waals surface area contributed by atoms with Gasteiger partial charge in [-0.05, 0) is 199 Å². The molecule has 2 aliphatic heterocycles. The lowest BCUT2D eigenvalue weighted by atomic mass is 9.33. The Morgan fingerprint density at radius 3 is 1.53 bits per heavy atom. The molecule has 3 heteroatoms. The van der Waals surface area contributed by atoms with Crippen molar-refractivity contribution in [2.75, 3.05) is 9.80 Å². The Labute approximate surface area is 411 Å². The molecule has 0 unspecified atom stereocenters. The average molecular weight is 897 g/mol. The van der Waals surface area contributed by atoms with E-state index in [0.717, 1.165) is 6.42 Å². The quantitative estimate of drug-likeness (QED) is 0.162. The van der Waals surface area contributed by atoms with Crippen molar-refractivity contribution < 1.29 is 0 Å². The Bertz CT molecular complexity index is 3120. The van der Waals surface area contributed by atoms with Gasteiger partial charge in [-0.3, -0.25) is 0 Å². The van der Waals surface area contributed by atoms with Gasteiger partial charge in [0, 0.05) is 39.5 Å². The molecule has 0 fully saturated rings. The summed E-state index contributed by atoms with van der Waals surface area (Å²) in [6.07, 6.45) is 5.91. The average Bonchev–Trinajstić information content (AvgIpc) is 3.46. The molecule has 6 aromatic carbocycles. The molecule has 0 N–H and O–H groups in total. The zero-order valence-electron chi connectivity index (χ0n) is 44.7. The van der Waals surface area contributed by atoms with Crippen LogP contribution in [0.5, 0.6) is 0 Å². The summed E-state index contributed by atoms with van der Waals surface area (Å²) in [5.41, 5.74) is 28.3. The molecule has 68 heavy (non-hydrogen) atoms. The summed E-state index contributed by atoms with van der Waals surface area (Å²) >= 11 is 0. The SMILES string of the molecule is Cc1cc2c3c(c1)N(c1ccc4c(c1C)C(C)(C)CC4(C)C)c1cc(C(C)(C)c4ccccc4)ccc1B3c1cc3c(cc1N2c1cc2c(cc1C)C(C)(C)CCC2(C)C)C(C)(C)CCC3(C)C. The lowest BCUT2D eigenvalue weighted by Gasteiger charge is -2.48. The van der Waals surface area contributed by atoms with Crippen LogP contribution >= 0.6 is 0 Å². The fraction of sp³-hybridized carbons (Fsp3) is 0.446. The maximum absolute atomic E-state index is 2.75. The first-order valence-corrected chi connectivity index (χ1v) is 26.1. The molecule has 6 aromatic rings. The lowest BCUT2D eigenvalue weighted by Crippen LogP contribution is -2.62. The van der Waals surface area contributed by atoms with Gasteiger partial charge in [-0.1, -0.05) is 158 Å². The van der Waals surface area contributed by atoms with Crippen molar-refractivity contribution in [2.24, 2.45) is 0 Å². The number of benzene rings is 6. The summed E-state index contributed by atoms with van der Waals surface area (Å²) in [4.78, 5) is 5.47. The largest absolute Gasteiger partial charge is 0.311 e. The molecule has 0 bridgehead atoms. The number of aryl methyl sites for hydroxylation is 2. The van der Waals surface area contributed by atoms with Gasteiger partial charge in [0.2, 0.25) is 0 Å². The van der Waals surface area contributed by atoms with Crippen molar-refractivity contribution in [3.05, 3.63) is 158 Å². The maximum Gasteiger partial charge on any atom is 0.252 e. The molecule has 0 saturated carbocycles. The van der Waals surface area contributed by atoms with Crippen LogP contribution in [0.4, 0.5) is 34.1 Å². The fourth-order valence-electron chi connectivity index (χ4n) is 14.7. The van der Waals surface area contributed by atoms with Crippen LogP contribution in [-0.2, 0) is 37.9 Å². The standard InChI is InChI=1S/C65H77BN2/c1-39-31-55-58-56(32-39)68(52-36-47-45(33-40(52)2)59(4,5)27-29-61(47,8)9)54-37-48-46(60(6,7)28-30-62(48,10)11)35-50(54)66(58)49-25-23-43(65(16,17)42-21-19-18-20-22-42)34-53(49)67(55)51-26-24-44-57(41(51)3)64(14,15)38-63(44,12)13/h18-26,31-37H,27-30,38H2,1-17H3.